The summed E-state index contributed by atoms with van der Waals surface area (Å²) in [4.78, 5) is 28.6. The molecule has 1 unspecified atom stereocenters. The number of halogens is 3. The summed E-state index contributed by atoms with van der Waals surface area (Å²) in [6.07, 6.45) is -0.251. The van der Waals surface area contributed by atoms with E-state index in [1.165, 1.54) is 4.90 Å². The molecule has 1 aliphatic heterocycles. The number of hydrogen-bond acceptors (Lipinski definition) is 3. The molecule has 5 nitrogen and oxygen atoms in total. The number of para-hydroxylation sites is 1. The first-order chi connectivity index (χ1) is 15.2. The standard InChI is InChI=1S/C24H27F3N2O3/c1-15(2)17-7-4-5-8-20(17)32-16(3)23(30)28-11-6-12-29(14-13-28)24(31)18-9-10-19(25)22(27)21(18)26/h4-5,7-10,15-16H,6,11-14H2,1-3H3. The molecule has 1 saturated heterocycles. The number of nitrogens with zero attached hydrogens (tertiary/aromatic N) is 2. The number of benzene rings is 2. The highest BCUT2D eigenvalue weighted by molar-refractivity contribution is 5.94. The van der Waals surface area contributed by atoms with Crippen LogP contribution in [0.25, 0.3) is 0 Å². The van der Waals surface area contributed by atoms with Gasteiger partial charge in [-0.25, -0.2) is 13.2 Å². The summed E-state index contributed by atoms with van der Waals surface area (Å²) in [5.41, 5.74) is 0.485. The maximum absolute atomic E-state index is 14.0. The molecule has 0 bridgehead atoms. The van der Waals surface area contributed by atoms with Crippen LogP contribution in [0.3, 0.4) is 0 Å². The summed E-state index contributed by atoms with van der Waals surface area (Å²) >= 11 is 0. The van der Waals surface area contributed by atoms with E-state index in [0.29, 0.717) is 18.7 Å². The van der Waals surface area contributed by atoms with Crippen molar-refractivity contribution in [2.45, 2.75) is 39.2 Å². The van der Waals surface area contributed by atoms with Gasteiger partial charge in [0.15, 0.2) is 23.6 Å². The smallest absolute Gasteiger partial charge is 0.263 e. The molecule has 0 aliphatic carbocycles. The van der Waals surface area contributed by atoms with Crippen LogP contribution < -0.4 is 4.74 Å². The van der Waals surface area contributed by atoms with E-state index in [9.17, 15) is 22.8 Å². The molecule has 3 rings (SSSR count). The second-order valence-electron chi connectivity index (χ2n) is 8.15. The molecular formula is C24H27F3N2O3. The van der Waals surface area contributed by atoms with Gasteiger partial charge in [-0.15, -0.1) is 0 Å². The van der Waals surface area contributed by atoms with Crippen molar-refractivity contribution >= 4 is 11.8 Å². The van der Waals surface area contributed by atoms with Gasteiger partial charge in [-0.1, -0.05) is 32.0 Å². The summed E-state index contributed by atoms with van der Waals surface area (Å²) in [6, 6.07) is 9.23. The van der Waals surface area contributed by atoms with Gasteiger partial charge < -0.3 is 14.5 Å². The van der Waals surface area contributed by atoms with Crippen molar-refractivity contribution in [1.29, 1.82) is 0 Å². The summed E-state index contributed by atoms with van der Waals surface area (Å²) in [5.74, 6) is -4.57. The largest absolute Gasteiger partial charge is 0.481 e. The van der Waals surface area contributed by atoms with E-state index < -0.39 is 35.0 Å². The van der Waals surface area contributed by atoms with Crippen molar-refractivity contribution in [3.63, 3.8) is 0 Å². The maximum atomic E-state index is 14.0. The van der Waals surface area contributed by atoms with Gasteiger partial charge >= 0.3 is 0 Å². The van der Waals surface area contributed by atoms with Crippen LogP contribution in [0.2, 0.25) is 0 Å². The second kappa shape index (κ2) is 10.1. The first-order valence-electron chi connectivity index (χ1n) is 10.7. The predicted molar refractivity (Wildman–Crippen MR) is 114 cm³/mol. The molecule has 1 aliphatic rings. The zero-order valence-electron chi connectivity index (χ0n) is 18.4. The molecule has 2 aromatic carbocycles. The minimum absolute atomic E-state index is 0.151. The molecule has 1 atom stereocenters. The van der Waals surface area contributed by atoms with Gasteiger partial charge in [-0.05, 0) is 43.0 Å². The van der Waals surface area contributed by atoms with Crippen LogP contribution in [0.15, 0.2) is 36.4 Å². The quantitative estimate of drug-likeness (QED) is 0.639. The van der Waals surface area contributed by atoms with Crippen molar-refractivity contribution in [2.75, 3.05) is 26.2 Å². The van der Waals surface area contributed by atoms with E-state index in [4.69, 9.17) is 4.74 Å². The Hall–Kier alpha value is -3.03. The molecule has 1 heterocycles. The van der Waals surface area contributed by atoms with Gasteiger partial charge in [0.2, 0.25) is 0 Å². The number of carbonyl (C=O) groups is 2. The van der Waals surface area contributed by atoms with Crippen LogP contribution in [0.4, 0.5) is 13.2 Å². The summed E-state index contributed by atoms with van der Waals surface area (Å²) < 4.78 is 46.7. The van der Waals surface area contributed by atoms with Gasteiger partial charge in [-0.3, -0.25) is 9.59 Å². The number of carbonyl (C=O) groups excluding carboxylic acids is 2. The molecule has 1 fully saturated rings. The monoisotopic (exact) mass is 448 g/mol. The Bertz CT molecular complexity index is 996. The Kier molecular flexibility index (Phi) is 7.43. The molecule has 0 aromatic heterocycles. The normalized spacial score (nSPS) is 15.5. The SMILES string of the molecule is CC(Oc1ccccc1C(C)C)C(=O)N1CCCN(C(=O)c2ccc(F)c(F)c2F)CC1. The molecule has 0 spiro atoms. The van der Waals surface area contributed by atoms with Crippen LogP contribution in [0.1, 0.15) is 49.0 Å². The van der Waals surface area contributed by atoms with Gasteiger partial charge in [0, 0.05) is 26.2 Å². The highest BCUT2D eigenvalue weighted by atomic mass is 19.2. The van der Waals surface area contributed by atoms with Gasteiger partial charge in [0.1, 0.15) is 5.75 Å². The van der Waals surface area contributed by atoms with Crippen LogP contribution in [0.5, 0.6) is 5.75 Å². The third kappa shape index (κ3) is 5.06. The average molecular weight is 448 g/mol. The Labute approximate surface area is 185 Å². The topological polar surface area (TPSA) is 49.9 Å². The summed E-state index contributed by atoms with van der Waals surface area (Å²) in [6.45, 7) is 6.84. The lowest BCUT2D eigenvalue weighted by Crippen LogP contribution is -2.43. The van der Waals surface area contributed by atoms with Crippen molar-refractivity contribution in [3.05, 3.63) is 65.0 Å². The lowest BCUT2D eigenvalue weighted by Gasteiger charge is -2.26. The third-order valence-electron chi connectivity index (χ3n) is 5.55. The highest BCUT2D eigenvalue weighted by Crippen LogP contribution is 2.27. The second-order valence-corrected chi connectivity index (χ2v) is 8.15. The number of amides is 2. The fourth-order valence-electron chi connectivity index (χ4n) is 3.77. The summed E-state index contributed by atoms with van der Waals surface area (Å²) in [5, 5.41) is 0. The first-order valence-corrected chi connectivity index (χ1v) is 10.7. The Balaban J connectivity index is 1.65. The predicted octanol–water partition coefficient (Wildman–Crippen LogP) is 4.37. The van der Waals surface area contributed by atoms with E-state index >= 15 is 0 Å². The van der Waals surface area contributed by atoms with Crippen LogP contribution in [-0.2, 0) is 4.79 Å². The highest BCUT2D eigenvalue weighted by Gasteiger charge is 2.29. The van der Waals surface area contributed by atoms with Crippen molar-refractivity contribution < 1.29 is 27.5 Å². The van der Waals surface area contributed by atoms with Crippen molar-refractivity contribution in [2.24, 2.45) is 0 Å². The Morgan fingerprint density at radius 2 is 1.53 bits per heavy atom. The fourth-order valence-corrected chi connectivity index (χ4v) is 3.77. The lowest BCUT2D eigenvalue weighted by atomic mass is 10.0. The van der Waals surface area contributed by atoms with Gasteiger partial charge in [0.05, 0.1) is 5.56 Å². The Morgan fingerprint density at radius 3 is 2.25 bits per heavy atom. The van der Waals surface area contributed by atoms with Crippen molar-refractivity contribution in [1.82, 2.24) is 9.80 Å². The molecule has 0 radical (unpaired) electrons. The molecule has 8 heteroatoms. The number of hydrogen-bond donors (Lipinski definition) is 0. The Morgan fingerprint density at radius 1 is 0.875 bits per heavy atom. The first kappa shape index (κ1) is 23.6. The zero-order valence-corrected chi connectivity index (χ0v) is 18.4. The number of ether oxygens (including phenoxy) is 1. The molecular weight excluding hydrogens is 421 g/mol. The van der Waals surface area contributed by atoms with E-state index in [-0.39, 0.29) is 31.5 Å². The van der Waals surface area contributed by atoms with Gasteiger partial charge in [-0.2, -0.15) is 0 Å². The van der Waals surface area contributed by atoms with E-state index in [1.54, 1.807) is 11.8 Å². The van der Waals surface area contributed by atoms with Crippen LogP contribution in [-0.4, -0.2) is 53.9 Å². The van der Waals surface area contributed by atoms with E-state index in [2.05, 4.69) is 0 Å². The molecule has 172 valence electrons. The van der Waals surface area contributed by atoms with Gasteiger partial charge in [0.25, 0.3) is 11.8 Å². The van der Waals surface area contributed by atoms with E-state index in [0.717, 1.165) is 17.7 Å². The zero-order chi connectivity index (χ0) is 23.4. The molecule has 0 saturated carbocycles. The van der Waals surface area contributed by atoms with Crippen molar-refractivity contribution in [3.8, 4) is 5.75 Å². The molecule has 2 aromatic rings. The minimum Gasteiger partial charge on any atom is -0.481 e. The summed E-state index contributed by atoms with van der Waals surface area (Å²) in [7, 11) is 0. The lowest BCUT2D eigenvalue weighted by molar-refractivity contribution is -0.137. The number of rotatable bonds is 5. The van der Waals surface area contributed by atoms with Crippen LogP contribution in [0, 0.1) is 17.5 Å². The third-order valence-corrected chi connectivity index (χ3v) is 5.55. The molecule has 0 N–H and O–H groups in total. The fraction of sp³-hybridized carbons (Fsp3) is 0.417. The molecule has 2 amide bonds. The van der Waals surface area contributed by atoms with Crippen LogP contribution >= 0.6 is 0 Å². The average Bonchev–Trinajstić information content (AvgIpc) is 3.03. The van der Waals surface area contributed by atoms with E-state index in [1.807, 2.05) is 38.1 Å². The maximum Gasteiger partial charge on any atom is 0.263 e. The molecule has 32 heavy (non-hydrogen) atoms. The minimum atomic E-state index is -1.67.